The van der Waals surface area contributed by atoms with Crippen molar-refractivity contribution >= 4 is 39.3 Å². The highest BCUT2D eigenvalue weighted by atomic mass is 32.2. The molecular weight excluding hydrogens is 432 g/mol. The van der Waals surface area contributed by atoms with E-state index in [-0.39, 0.29) is 5.88 Å². The second-order valence-electron chi connectivity index (χ2n) is 7.88. The first-order valence-corrected chi connectivity index (χ1v) is 11.3. The Morgan fingerprint density at radius 2 is 1.73 bits per heavy atom. The number of hydrogen-bond donors (Lipinski definition) is 1. The van der Waals surface area contributed by atoms with E-state index in [0.717, 1.165) is 31.1 Å². The summed E-state index contributed by atoms with van der Waals surface area (Å²) >= 11 is 1.39. The minimum Gasteiger partial charge on any atom is -0.486 e. The third kappa shape index (κ3) is 5.69. The van der Waals surface area contributed by atoms with E-state index in [0.29, 0.717) is 22.0 Å². The zero-order valence-electron chi connectivity index (χ0n) is 18.3. The van der Waals surface area contributed by atoms with E-state index >= 15 is 0 Å². The first-order chi connectivity index (χ1) is 15.8. The summed E-state index contributed by atoms with van der Waals surface area (Å²) in [6.45, 7) is 3.46. The van der Waals surface area contributed by atoms with Gasteiger partial charge < -0.3 is 20.3 Å². The number of rotatable bonds is 7. The fraction of sp³-hybridized carbons (Fsp3) is 0.261. The van der Waals surface area contributed by atoms with Crippen LogP contribution in [-0.2, 0) is 5.40 Å². The van der Waals surface area contributed by atoms with E-state index < -0.39 is 11.3 Å². The van der Waals surface area contributed by atoms with Crippen LogP contribution in [0.4, 0.5) is 5.95 Å². The molecule has 0 unspecified atom stereocenters. The molecule has 1 aromatic heterocycles. The molecule has 0 aliphatic carbocycles. The van der Waals surface area contributed by atoms with Crippen molar-refractivity contribution < 1.29 is 9.53 Å². The quantitative estimate of drug-likeness (QED) is 0.546. The number of benzene rings is 2. The van der Waals surface area contributed by atoms with Gasteiger partial charge in [-0.25, -0.2) is 4.98 Å². The number of nitrogens with zero attached hydrogens (tertiary/aromatic N) is 4. The number of piperazine rings is 1. The molecule has 0 atom stereocenters. The molecule has 1 aliphatic heterocycles. The standard InChI is InChI=1S/C23H23B2N5O2S/c1-29-11-13-30(14-12-29)22-27-15-19(33-18-9-7-16(8-10-18)20(26)31)21(28-22)32-23(24,25)17-5-3-2-4-6-17/h2-10,15H,11-14H2,1H3,(H2,26,31). The van der Waals surface area contributed by atoms with E-state index in [1.165, 1.54) is 11.8 Å². The van der Waals surface area contributed by atoms with Gasteiger partial charge in [-0.05, 0) is 36.9 Å². The van der Waals surface area contributed by atoms with Crippen molar-refractivity contribution in [3.05, 3.63) is 71.9 Å². The van der Waals surface area contributed by atoms with Crippen LogP contribution < -0.4 is 15.4 Å². The molecule has 7 nitrogen and oxygen atoms in total. The maximum absolute atomic E-state index is 11.4. The van der Waals surface area contributed by atoms with Crippen molar-refractivity contribution in [3.8, 4) is 5.88 Å². The van der Waals surface area contributed by atoms with Crippen molar-refractivity contribution in [2.75, 3.05) is 38.1 Å². The molecule has 164 valence electrons. The molecule has 0 spiro atoms. The molecule has 1 amide bonds. The molecule has 0 saturated carbocycles. The second kappa shape index (κ2) is 9.89. The Hall–Kier alpha value is -2.97. The number of nitrogens with two attached hydrogens (primary N) is 1. The Labute approximate surface area is 200 Å². The molecular formula is C23H23B2N5O2S. The average Bonchev–Trinajstić information content (AvgIpc) is 2.81. The lowest BCUT2D eigenvalue weighted by atomic mass is 9.61. The van der Waals surface area contributed by atoms with Crippen LogP contribution in [-0.4, -0.2) is 69.7 Å². The summed E-state index contributed by atoms with van der Waals surface area (Å²) in [6, 6.07) is 16.1. The van der Waals surface area contributed by atoms with Gasteiger partial charge in [0.15, 0.2) is 0 Å². The van der Waals surface area contributed by atoms with E-state index in [4.69, 9.17) is 31.1 Å². The maximum Gasteiger partial charge on any atom is 0.248 e. The lowest BCUT2D eigenvalue weighted by Gasteiger charge is -2.33. The SMILES string of the molecule is [B]C([B])(Oc1nc(N2CCN(C)CC2)ncc1Sc1ccc(C(N)=O)cc1)c1ccccc1. The van der Waals surface area contributed by atoms with Crippen LogP contribution >= 0.6 is 11.8 Å². The number of carbonyl (C=O) groups excluding carboxylic acids is 1. The smallest absolute Gasteiger partial charge is 0.248 e. The molecule has 10 heteroatoms. The van der Waals surface area contributed by atoms with Crippen LogP contribution in [0.1, 0.15) is 15.9 Å². The first kappa shape index (κ1) is 23.2. The van der Waals surface area contributed by atoms with E-state index in [2.05, 4.69) is 21.8 Å². The van der Waals surface area contributed by atoms with Crippen LogP contribution in [0.3, 0.4) is 0 Å². The van der Waals surface area contributed by atoms with Gasteiger partial charge in [-0.15, -0.1) is 0 Å². The highest BCUT2D eigenvalue weighted by Crippen LogP contribution is 2.36. The normalized spacial score (nSPS) is 14.8. The van der Waals surface area contributed by atoms with Gasteiger partial charge in [0.05, 0.1) is 16.5 Å². The van der Waals surface area contributed by atoms with Gasteiger partial charge >= 0.3 is 0 Å². The number of ether oxygens (including phenoxy) is 1. The van der Waals surface area contributed by atoms with Gasteiger partial charge in [-0.2, -0.15) is 4.98 Å². The highest BCUT2D eigenvalue weighted by molar-refractivity contribution is 7.99. The van der Waals surface area contributed by atoms with Crippen molar-refractivity contribution in [2.45, 2.75) is 15.2 Å². The van der Waals surface area contributed by atoms with Crippen molar-refractivity contribution in [1.29, 1.82) is 0 Å². The number of aromatic nitrogens is 2. The monoisotopic (exact) mass is 455 g/mol. The van der Waals surface area contributed by atoms with Crippen molar-refractivity contribution in [2.24, 2.45) is 5.73 Å². The van der Waals surface area contributed by atoms with Gasteiger partial charge in [0, 0.05) is 36.6 Å². The summed E-state index contributed by atoms with van der Waals surface area (Å²) in [5, 5.41) is -1.58. The van der Waals surface area contributed by atoms with Gasteiger partial charge in [0.1, 0.15) is 15.7 Å². The summed E-state index contributed by atoms with van der Waals surface area (Å²) < 4.78 is 6.08. The number of amides is 1. The number of hydrogen-bond acceptors (Lipinski definition) is 7. The largest absolute Gasteiger partial charge is 0.486 e. The molecule has 33 heavy (non-hydrogen) atoms. The Balaban J connectivity index is 1.65. The highest BCUT2D eigenvalue weighted by Gasteiger charge is 2.26. The minimum atomic E-state index is -1.58. The number of likely N-dealkylation sites (N-methyl/N-ethyl adjacent to an activating group) is 1. The van der Waals surface area contributed by atoms with Gasteiger partial charge in [0.25, 0.3) is 0 Å². The molecule has 1 fully saturated rings. The molecule has 2 aromatic carbocycles. The minimum absolute atomic E-state index is 0.289. The van der Waals surface area contributed by atoms with E-state index in [1.54, 1.807) is 42.6 Å². The summed E-state index contributed by atoms with van der Waals surface area (Å²) in [5.41, 5.74) is 6.39. The van der Waals surface area contributed by atoms with Crippen LogP contribution in [0.2, 0.25) is 0 Å². The van der Waals surface area contributed by atoms with Crippen LogP contribution in [0.25, 0.3) is 0 Å². The van der Waals surface area contributed by atoms with Gasteiger partial charge in [-0.1, -0.05) is 42.1 Å². The van der Waals surface area contributed by atoms with Crippen molar-refractivity contribution in [1.82, 2.24) is 14.9 Å². The van der Waals surface area contributed by atoms with Crippen molar-refractivity contribution in [3.63, 3.8) is 0 Å². The molecule has 2 heterocycles. The Morgan fingerprint density at radius 3 is 2.36 bits per heavy atom. The Kier molecular flexibility index (Phi) is 6.95. The average molecular weight is 455 g/mol. The topological polar surface area (TPSA) is 84.6 Å². The fourth-order valence-corrected chi connectivity index (χ4v) is 4.19. The first-order valence-electron chi connectivity index (χ1n) is 10.5. The van der Waals surface area contributed by atoms with Gasteiger partial charge in [0.2, 0.25) is 17.7 Å². The zero-order chi connectivity index (χ0) is 23.4. The Bertz CT molecular complexity index is 1110. The Morgan fingerprint density at radius 1 is 1.06 bits per heavy atom. The van der Waals surface area contributed by atoms with Crippen LogP contribution in [0.15, 0.2) is 70.6 Å². The third-order valence-electron chi connectivity index (χ3n) is 5.35. The fourth-order valence-electron chi connectivity index (χ4n) is 3.38. The molecule has 1 aliphatic rings. The molecule has 0 bridgehead atoms. The number of anilines is 1. The lowest BCUT2D eigenvalue weighted by molar-refractivity contribution is 0.1000. The number of primary amides is 1. The van der Waals surface area contributed by atoms with Crippen LogP contribution in [0, 0.1) is 0 Å². The van der Waals surface area contributed by atoms with E-state index in [1.807, 2.05) is 18.2 Å². The summed E-state index contributed by atoms with van der Waals surface area (Å²) in [5.74, 6) is 0.376. The van der Waals surface area contributed by atoms with Gasteiger partial charge in [-0.3, -0.25) is 4.79 Å². The van der Waals surface area contributed by atoms with Crippen LogP contribution in [0.5, 0.6) is 5.88 Å². The molecule has 4 radical (unpaired) electrons. The van der Waals surface area contributed by atoms with E-state index in [9.17, 15) is 4.79 Å². The molecule has 1 saturated heterocycles. The predicted molar refractivity (Wildman–Crippen MR) is 131 cm³/mol. The number of carbonyl (C=O) groups is 1. The summed E-state index contributed by atoms with van der Waals surface area (Å²) in [7, 11) is 14.8. The summed E-state index contributed by atoms with van der Waals surface area (Å²) in [6.07, 6.45) is 1.71. The third-order valence-corrected chi connectivity index (χ3v) is 6.36. The second-order valence-corrected chi connectivity index (χ2v) is 9.00. The summed E-state index contributed by atoms with van der Waals surface area (Å²) in [4.78, 5) is 26.5. The zero-order valence-corrected chi connectivity index (χ0v) is 19.2. The maximum atomic E-state index is 11.4. The lowest BCUT2D eigenvalue weighted by Crippen LogP contribution is -2.45. The molecule has 3 aromatic rings. The molecule has 4 rings (SSSR count). The predicted octanol–water partition coefficient (Wildman–Crippen LogP) is 2.00. The molecule has 2 N–H and O–H groups in total.